The summed E-state index contributed by atoms with van der Waals surface area (Å²) < 4.78 is 0. The first kappa shape index (κ1) is 23.7. The first-order valence-electron chi connectivity index (χ1n) is 10.8. The summed E-state index contributed by atoms with van der Waals surface area (Å²) in [6.45, 7) is 5.36. The Morgan fingerprint density at radius 2 is 1.61 bits per heavy atom. The molecule has 33 heavy (non-hydrogen) atoms. The molecule has 168 valence electrons. The molecule has 0 aliphatic heterocycles. The largest absolute Gasteiger partial charge is 0.507 e. The molecule has 6 nitrogen and oxygen atoms in total. The Morgan fingerprint density at radius 3 is 2.24 bits per heavy atom. The molecule has 0 aromatic heterocycles. The second-order valence-corrected chi connectivity index (χ2v) is 8.15. The monoisotopic (exact) mass is 442 g/mol. The Hall–Kier alpha value is -3.98. The molecule has 1 unspecified atom stereocenters. The van der Waals surface area contributed by atoms with E-state index in [0.717, 1.165) is 5.56 Å². The van der Waals surface area contributed by atoms with E-state index in [1.165, 1.54) is 6.07 Å². The lowest BCUT2D eigenvalue weighted by atomic mass is 9.76. The third-order valence-electron chi connectivity index (χ3n) is 6.13. The standard InChI is InChI=1S/C27H26N2O4/c1-16-17(2)26(32)24(18(3)25(16)31)21(20-12-10-19(15-28)11-13-20)8-6-14-29-27(33)22-7-4-5-9-23(22)30/h4-5,7,9-13,21,30H,6,8,14H2,1-3H3,(H,29,33). The highest BCUT2D eigenvalue weighted by molar-refractivity contribution is 6.25. The molecule has 6 heteroatoms. The first-order chi connectivity index (χ1) is 15.8. The van der Waals surface area contributed by atoms with Crippen molar-refractivity contribution in [3.63, 3.8) is 0 Å². The number of phenolic OH excluding ortho intramolecular Hbond substituents is 1. The van der Waals surface area contributed by atoms with Gasteiger partial charge in [-0.3, -0.25) is 14.4 Å². The molecule has 1 amide bonds. The van der Waals surface area contributed by atoms with E-state index in [4.69, 9.17) is 5.26 Å². The number of rotatable bonds is 7. The molecule has 0 saturated carbocycles. The smallest absolute Gasteiger partial charge is 0.255 e. The molecule has 2 N–H and O–H groups in total. The van der Waals surface area contributed by atoms with Gasteiger partial charge in [0.15, 0.2) is 11.6 Å². The molecule has 0 radical (unpaired) electrons. The van der Waals surface area contributed by atoms with Gasteiger partial charge in [0, 0.05) is 34.8 Å². The van der Waals surface area contributed by atoms with Crippen LogP contribution >= 0.6 is 0 Å². The number of allylic oxidation sites excluding steroid dienone is 4. The maximum atomic E-state index is 13.2. The van der Waals surface area contributed by atoms with E-state index >= 15 is 0 Å². The van der Waals surface area contributed by atoms with E-state index in [2.05, 4.69) is 11.4 Å². The zero-order chi connectivity index (χ0) is 24.1. The number of benzene rings is 2. The Kier molecular flexibility index (Phi) is 7.24. The number of para-hydroxylation sites is 1. The van der Waals surface area contributed by atoms with Crippen LogP contribution in [0.5, 0.6) is 5.75 Å². The van der Waals surface area contributed by atoms with E-state index in [0.29, 0.717) is 47.2 Å². The number of carbonyl (C=O) groups is 3. The lowest BCUT2D eigenvalue weighted by Gasteiger charge is -2.26. The maximum absolute atomic E-state index is 13.2. The summed E-state index contributed by atoms with van der Waals surface area (Å²) >= 11 is 0. The number of ketones is 2. The summed E-state index contributed by atoms with van der Waals surface area (Å²) in [6.07, 6.45) is 1.06. The number of nitrogens with zero attached hydrogens (tertiary/aromatic N) is 1. The molecule has 0 bridgehead atoms. The van der Waals surface area contributed by atoms with Crippen LogP contribution in [0.1, 0.15) is 61.0 Å². The van der Waals surface area contributed by atoms with Crippen molar-refractivity contribution in [2.24, 2.45) is 0 Å². The average molecular weight is 443 g/mol. The number of amides is 1. The summed E-state index contributed by atoms with van der Waals surface area (Å²) in [6, 6.07) is 15.4. The Balaban J connectivity index is 1.82. The van der Waals surface area contributed by atoms with Gasteiger partial charge < -0.3 is 10.4 Å². The van der Waals surface area contributed by atoms with Gasteiger partial charge >= 0.3 is 0 Å². The van der Waals surface area contributed by atoms with Crippen molar-refractivity contribution in [2.75, 3.05) is 6.54 Å². The van der Waals surface area contributed by atoms with Crippen LogP contribution in [0.25, 0.3) is 0 Å². The Bertz CT molecular complexity index is 1210. The van der Waals surface area contributed by atoms with Gasteiger partial charge in [0.2, 0.25) is 0 Å². The van der Waals surface area contributed by atoms with Gasteiger partial charge in [-0.2, -0.15) is 5.26 Å². The fraction of sp³-hybridized carbons (Fsp3) is 0.259. The second kappa shape index (κ2) is 10.1. The topological polar surface area (TPSA) is 107 Å². The van der Waals surface area contributed by atoms with Crippen LogP contribution in [0.4, 0.5) is 0 Å². The van der Waals surface area contributed by atoms with Gasteiger partial charge in [-0.1, -0.05) is 24.3 Å². The fourth-order valence-electron chi connectivity index (χ4n) is 4.07. The molecular formula is C27H26N2O4. The Labute approximate surface area is 193 Å². The number of nitriles is 1. The minimum atomic E-state index is -0.378. The van der Waals surface area contributed by atoms with E-state index < -0.39 is 0 Å². The minimum Gasteiger partial charge on any atom is -0.507 e. The third kappa shape index (κ3) is 4.93. The van der Waals surface area contributed by atoms with Crippen LogP contribution < -0.4 is 5.32 Å². The molecule has 2 aromatic carbocycles. The average Bonchev–Trinajstić information content (AvgIpc) is 2.83. The van der Waals surface area contributed by atoms with Crippen molar-refractivity contribution >= 4 is 17.5 Å². The van der Waals surface area contributed by atoms with Crippen LogP contribution in [0, 0.1) is 11.3 Å². The van der Waals surface area contributed by atoms with Gasteiger partial charge in [0.25, 0.3) is 5.91 Å². The van der Waals surface area contributed by atoms with Crippen LogP contribution in [0.3, 0.4) is 0 Å². The molecule has 0 fully saturated rings. The van der Waals surface area contributed by atoms with Crippen LogP contribution in [0.2, 0.25) is 0 Å². The van der Waals surface area contributed by atoms with Gasteiger partial charge in [-0.25, -0.2) is 0 Å². The van der Waals surface area contributed by atoms with E-state index in [-0.39, 0.29) is 34.7 Å². The molecule has 1 aliphatic rings. The number of carbonyl (C=O) groups excluding carboxylic acids is 3. The normalized spacial score (nSPS) is 14.8. The van der Waals surface area contributed by atoms with Gasteiger partial charge in [-0.05, 0) is 63.4 Å². The van der Waals surface area contributed by atoms with E-state index in [9.17, 15) is 19.5 Å². The van der Waals surface area contributed by atoms with Crippen molar-refractivity contribution in [1.82, 2.24) is 5.32 Å². The van der Waals surface area contributed by atoms with Crippen molar-refractivity contribution in [3.8, 4) is 11.8 Å². The Morgan fingerprint density at radius 1 is 0.970 bits per heavy atom. The zero-order valence-electron chi connectivity index (χ0n) is 18.9. The van der Waals surface area contributed by atoms with E-state index in [1.54, 1.807) is 51.1 Å². The first-order valence-corrected chi connectivity index (χ1v) is 10.8. The number of Topliss-reactive ketones (excluding diaryl/α,β-unsaturated/α-hetero) is 2. The molecule has 0 spiro atoms. The van der Waals surface area contributed by atoms with Crippen LogP contribution in [-0.2, 0) is 9.59 Å². The maximum Gasteiger partial charge on any atom is 0.255 e. The van der Waals surface area contributed by atoms with Crippen molar-refractivity contribution in [1.29, 1.82) is 5.26 Å². The lowest BCUT2D eigenvalue weighted by molar-refractivity contribution is -0.116. The molecule has 2 aromatic rings. The minimum absolute atomic E-state index is 0.0878. The summed E-state index contributed by atoms with van der Waals surface area (Å²) in [5, 5.41) is 21.8. The second-order valence-electron chi connectivity index (χ2n) is 8.15. The van der Waals surface area contributed by atoms with Crippen molar-refractivity contribution in [2.45, 2.75) is 39.5 Å². The molecule has 3 rings (SSSR count). The van der Waals surface area contributed by atoms with Crippen molar-refractivity contribution in [3.05, 3.63) is 87.5 Å². The highest BCUT2D eigenvalue weighted by Crippen LogP contribution is 2.37. The summed E-state index contributed by atoms with van der Waals surface area (Å²) in [7, 11) is 0. The lowest BCUT2D eigenvalue weighted by Crippen LogP contribution is -2.27. The molecule has 0 heterocycles. The van der Waals surface area contributed by atoms with Gasteiger partial charge in [0.1, 0.15) is 5.75 Å². The molecule has 1 aliphatic carbocycles. The molecular weight excluding hydrogens is 416 g/mol. The van der Waals surface area contributed by atoms with Gasteiger partial charge in [-0.15, -0.1) is 0 Å². The predicted octanol–water partition coefficient (Wildman–Crippen LogP) is 4.36. The number of hydrogen-bond donors (Lipinski definition) is 2. The summed E-state index contributed by atoms with van der Waals surface area (Å²) in [5.41, 5.74) is 3.38. The highest BCUT2D eigenvalue weighted by Gasteiger charge is 2.33. The number of aromatic hydroxyl groups is 1. The molecule has 1 atom stereocenters. The highest BCUT2D eigenvalue weighted by atomic mass is 16.3. The van der Waals surface area contributed by atoms with E-state index in [1.807, 2.05) is 12.1 Å². The SMILES string of the molecule is CC1=C(C)C(=O)C(C(CCCNC(=O)c2ccccc2O)c2ccc(C#N)cc2)=C(C)C1=O. The third-order valence-corrected chi connectivity index (χ3v) is 6.13. The quantitative estimate of drug-likeness (QED) is 0.489. The summed E-state index contributed by atoms with van der Waals surface area (Å²) in [4.78, 5) is 38.3. The number of hydrogen-bond acceptors (Lipinski definition) is 5. The van der Waals surface area contributed by atoms with Crippen LogP contribution in [-0.4, -0.2) is 29.1 Å². The van der Waals surface area contributed by atoms with Gasteiger partial charge in [0.05, 0.1) is 17.2 Å². The van der Waals surface area contributed by atoms with Crippen molar-refractivity contribution < 1.29 is 19.5 Å². The van der Waals surface area contributed by atoms with Crippen LogP contribution in [0.15, 0.2) is 70.8 Å². The zero-order valence-corrected chi connectivity index (χ0v) is 18.9. The fourth-order valence-corrected chi connectivity index (χ4v) is 4.07. The number of phenols is 1. The summed E-state index contributed by atoms with van der Waals surface area (Å²) in [5.74, 6) is -1.09. The predicted molar refractivity (Wildman–Crippen MR) is 125 cm³/mol. The molecule has 0 saturated heterocycles. The number of nitrogens with one attached hydrogen (secondary N) is 1.